The Hall–Kier alpha value is -1.02. The predicted octanol–water partition coefficient (Wildman–Crippen LogP) is 2.43. The van der Waals surface area contributed by atoms with Gasteiger partial charge < -0.3 is 4.90 Å². The summed E-state index contributed by atoms with van der Waals surface area (Å²) in [4.78, 5) is 13.2. The molecule has 0 N–H and O–H groups in total. The van der Waals surface area contributed by atoms with E-state index in [1.54, 1.807) is 0 Å². The van der Waals surface area contributed by atoms with Crippen LogP contribution >= 0.6 is 11.6 Å². The van der Waals surface area contributed by atoms with Gasteiger partial charge in [0.2, 0.25) is 0 Å². The molecule has 0 unspecified atom stereocenters. The van der Waals surface area contributed by atoms with Gasteiger partial charge in [-0.15, -0.1) is 0 Å². The van der Waals surface area contributed by atoms with Gasteiger partial charge in [-0.2, -0.15) is 0 Å². The molecule has 1 saturated heterocycles. The van der Waals surface area contributed by atoms with Crippen molar-refractivity contribution in [2.45, 2.75) is 13.3 Å². The summed E-state index contributed by atoms with van der Waals surface area (Å²) >= 11 is 6.10. The number of anilines is 1. The first-order chi connectivity index (χ1) is 6.68. The summed E-state index contributed by atoms with van der Waals surface area (Å²) in [5.74, 6) is 0.296. The van der Waals surface area contributed by atoms with Gasteiger partial charge in [0, 0.05) is 13.0 Å². The third kappa shape index (κ3) is 1.62. The van der Waals surface area contributed by atoms with Gasteiger partial charge in [-0.1, -0.05) is 23.7 Å². The zero-order valence-electron chi connectivity index (χ0n) is 8.09. The molecule has 0 spiro atoms. The highest BCUT2D eigenvalue weighted by Gasteiger charge is 2.22. The molecule has 1 aliphatic rings. The quantitative estimate of drug-likeness (QED) is 0.708. The molecule has 2 nitrogen and oxygen atoms in total. The Kier molecular flexibility index (Phi) is 2.46. The fourth-order valence-corrected chi connectivity index (χ4v) is 2.19. The van der Waals surface area contributed by atoms with E-state index in [4.69, 9.17) is 11.6 Å². The number of nitrogens with zero attached hydrogens (tertiary/aromatic N) is 1. The number of Topliss-reactive ketones (excluding diaryl/α,β-unsaturated/α-hetero) is 1. The second-order valence-corrected chi connectivity index (χ2v) is 4.02. The van der Waals surface area contributed by atoms with Crippen molar-refractivity contribution < 1.29 is 4.79 Å². The Morgan fingerprint density at radius 2 is 2.21 bits per heavy atom. The summed E-state index contributed by atoms with van der Waals surface area (Å²) in [6, 6.07) is 5.82. The van der Waals surface area contributed by atoms with Gasteiger partial charge in [-0.3, -0.25) is 4.79 Å². The maximum absolute atomic E-state index is 11.2. The van der Waals surface area contributed by atoms with Crippen molar-refractivity contribution in [1.82, 2.24) is 0 Å². The van der Waals surface area contributed by atoms with Gasteiger partial charge in [0.25, 0.3) is 0 Å². The number of ketones is 1. The van der Waals surface area contributed by atoms with Crippen LogP contribution in [0.3, 0.4) is 0 Å². The second kappa shape index (κ2) is 3.62. The Bertz CT molecular complexity index is 355. The van der Waals surface area contributed by atoms with E-state index in [1.807, 2.05) is 25.1 Å². The van der Waals surface area contributed by atoms with E-state index >= 15 is 0 Å². The number of rotatable bonds is 1. The first kappa shape index (κ1) is 9.53. The van der Waals surface area contributed by atoms with Crippen LogP contribution < -0.4 is 4.90 Å². The standard InChI is InChI=1S/C11H12ClNO/c1-8-3-2-4-10(12)11(8)13-6-5-9(14)7-13/h2-4H,5-7H2,1H3. The van der Waals surface area contributed by atoms with E-state index in [2.05, 4.69) is 4.90 Å². The van der Waals surface area contributed by atoms with E-state index in [0.29, 0.717) is 18.7 Å². The molecule has 0 aromatic heterocycles. The molecule has 1 fully saturated rings. The smallest absolute Gasteiger partial charge is 0.153 e. The van der Waals surface area contributed by atoms with Crippen LogP contribution in [0.2, 0.25) is 5.02 Å². The summed E-state index contributed by atoms with van der Waals surface area (Å²) in [5.41, 5.74) is 2.15. The van der Waals surface area contributed by atoms with E-state index in [1.165, 1.54) is 0 Å². The Morgan fingerprint density at radius 1 is 1.43 bits per heavy atom. The van der Waals surface area contributed by atoms with Gasteiger partial charge in [-0.05, 0) is 18.6 Å². The lowest BCUT2D eigenvalue weighted by Crippen LogP contribution is -2.20. The second-order valence-electron chi connectivity index (χ2n) is 3.62. The summed E-state index contributed by atoms with van der Waals surface area (Å²) in [6.45, 7) is 3.32. The molecule has 0 saturated carbocycles. The lowest BCUT2D eigenvalue weighted by molar-refractivity contribution is -0.116. The number of halogens is 1. The van der Waals surface area contributed by atoms with Crippen molar-refractivity contribution in [2.75, 3.05) is 18.0 Å². The highest BCUT2D eigenvalue weighted by molar-refractivity contribution is 6.33. The number of hydrogen-bond acceptors (Lipinski definition) is 2. The van der Waals surface area contributed by atoms with Crippen molar-refractivity contribution in [3.8, 4) is 0 Å². The number of para-hydroxylation sites is 1. The molecule has 1 aliphatic heterocycles. The van der Waals surface area contributed by atoms with Crippen molar-refractivity contribution >= 4 is 23.1 Å². The van der Waals surface area contributed by atoms with Gasteiger partial charge in [0.05, 0.1) is 17.3 Å². The Morgan fingerprint density at radius 3 is 2.79 bits per heavy atom. The third-order valence-corrected chi connectivity index (χ3v) is 2.84. The molecule has 1 aromatic rings. The minimum atomic E-state index is 0.296. The topological polar surface area (TPSA) is 20.3 Å². The molecule has 1 heterocycles. The Balaban J connectivity index is 2.36. The summed E-state index contributed by atoms with van der Waals surface area (Å²) in [7, 11) is 0. The minimum Gasteiger partial charge on any atom is -0.362 e. The predicted molar refractivity (Wildman–Crippen MR) is 58.0 cm³/mol. The van der Waals surface area contributed by atoms with Crippen LogP contribution in [0.25, 0.3) is 0 Å². The molecule has 0 radical (unpaired) electrons. The van der Waals surface area contributed by atoms with Crippen LogP contribution in [0.5, 0.6) is 0 Å². The average molecular weight is 210 g/mol. The molecule has 74 valence electrons. The molecule has 14 heavy (non-hydrogen) atoms. The van der Waals surface area contributed by atoms with Crippen LogP contribution in [0, 0.1) is 6.92 Å². The molecule has 1 aromatic carbocycles. The van der Waals surface area contributed by atoms with Crippen LogP contribution in [-0.4, -0.2) is 18.9 Å². The first-order valence-electron chi connectivity index (χ1n) is 4.70. The molecule has 0 amide bonds. The summed E-state index contributed by atoms with van der Waals surface area (Å²) in [5, 5.41) is 0.736. The van der Waals surface area contributed by atoms with Crippen molar-refractivity contribution in [1.29, 1.82) is 0 Å². The average Bonchev–Trinajstić information content (AvgIpc) is 2.51. The summed E-state index contributed by atoms with van der Waals surface area (Å²) < 4.78 is 0. The highest BCUT2D eigenvalue weighted by Crippen LogP contribution is 2.30. The van der Waals surface area contributed by atoms with Gasteiger partial charge in [0.15, 0.2) is 5.78 Å². The molecule has 0 atom stereocenters. The van der Waals surface area contributed by atoms with E-state index in [-0.39, 0.29) is 0 Å². The van der Waals surface area contributed by atoms with E-state index in [9.17, 15) is 4.79 Å². The zero-order chi connectivity index (χ0) is 10.1. The highest BCUT2D eigenvalue weighted by atomic mass is 35.5. The maximum Gasteiger partial charge on any atom is 0.153 e. The first-order valence-corrected chi connectivity index (χ1v) is 5.08. The van der Waals surface area contributed by atoms with Crippen molar-refractivity contribution in [3.05, 3.63) is 28.8 Å². The fraction of sp³-hybridized carbons (Fsp3) is 0.364. The van der Waals surface area contributed by atoms with Crippen LogP contribution in [0.4, 0.5) is 5.69 Å². The van der Waals surface area contributed by atoms with Gasteiger partial charge in [0.1, 0.15) is 0 Å². The van der Waals surface area contributed by atoms with E-state index in [0.717, 1.165) is 22.8 Å². The van der Waals surface area contributed by atoms with Crippen molar-refractivity contribution in [2.24, 2.45) is 0 Å². The number of benzene rings is 1. The number of hydrogen-bond donors (Lipinski definition) is 0. The molecule has 2 rings (SSSR count). The van der Waals surface area contributed by atoms with Crippen LogP contribution in [0.15, 0.2) is 18.2 Å². The number of carbonyl (C=O) groups excluding carboxylic acids is 1. The van der Waals surface area contributed by atoms with E-state index < -0.39 is 0 Å². The third-order valence-electron chi connectivity index (χ3n) is 2.53. The molecule has 0 aliphatic carbocycles. The number of aryl methyl sites for hydroxylation is 1. The minimum absolute atomic E-state index is 0.296. The van der Waals surface area contributed by atoms with Gasteiger partial charge in [-0.25, -0.2) is 0 Å². The SMILES string of the molecule is Cc1cccc(Cl)c1N1CCC(=O)C1. The maximum atomic E-state index is 11.2. The zero-order valence-corrected chi connectivity index (χ0v) is 8.84. The lowest BCUT2D eigenvalue weighted by atomic mass is 10.2. The van der Waals surface area contributed by atoms with Gasteiger partial charge >= 0.3 is 0 Å². The largest absolute Gasteiger partial charge is 0.362 e. The van der Waals surface area contributed by atoms with Crippen LogP contribution in [0.1, 0.15) is 12.0 Å². The van der Waals surface area contributed by atoms with Crippen LogP contribution in [-0.2, 0) is 4.79 Å². The molecular formula is C11H12ClNO. The summed E-state index contributed by atoms with van der Waals surface area (Å²) in [6.07, 6.45) is 0.644. The molecule has 3 heteroatoms. The monoisotopic (exact) mass is 209 g/mol. The molecular weight excluding hydrogens is 198 g/mol. The fourth-order valence-electron chi connectivity index (χ4n) is 1.85. The van der Waals surface area contributed by atoms with Crippen molar-refractivity contribution in [3.63, 3.8) is 0 Å². The number of carbonyl (C=O) groups is 1. The molecule has 0 bridgehead atoms. The normalized spacial score (nSPS) is 16.4. The Labute approximate surface area is 88.5 Å². The lowest BCUT2D eigenvalue weighted by Gasteiger charge is -2.20.